The fraction of sp³-hybridized carbons (Fsp3) is 0.100. The summed E-state index contributed by atoms with van der Waals surface area (Å²) in [6.45, 7) is 17.2. The van der Waals surface area contributed by atoms with E-state index in [-0.39, 0.29) is 146 Å². The van der Waals surface area contributed by atoms with E-state index >= 15 is 0 Å². The Morgan fingerprint density at radius 2 is 0.833 bits per heavy atom. The summed E-state index contributed by atoms with van der Waals surface area (Å²) in [5.74, 6) is -0.420. The van der Waals surface area contributed by atoms with Gasteiger partial charge in [-0.15, -0.1) is 21.5 Å². The third-order valence-electron chi connectivity index (χ3n) is 19.4. The quantitative estimate of drug-likeness (QED) is 0.109. The smallest absolute Gasteiger partial charge is 0.872 e. The van der Waals surface area contributed by atoms with Crippen LogP contribution in [-0.4, -0.2) is 204 Å². The molecule has 0 aliphatic heterocycles. The molecule has 0 saturated carbocycles. The maximum Gasteiger partial charge on any atom is 3.00 e. The minimum absolute atomic E-state index is 0. The second kappa shape index (κ2) is 54.5. The van der Waals surface area contributed by atoms with E-state index in [2.05, 4.69) is 80.7 Å². The van der Waals surface area contributed by atoms with Gasteiger partial charge in [0.2, 0.25) is 5.82 Å². The van der Waals surface area contributed by atoms with E-state index in [0.717, 1.165) is 99.7 Å². The number of pyridine rings is 4. The van der Waals surface area contributed by atoms with Crippen LogP contribution in [0.1, 0.15) is 51.1 Å². The molecule has 29 nitrogen and oxygen atoms in total. The Hall–Kier alpha value is -15.0. The average molecular weight is 1930 g/mol. The molecule has 13 heterocycles. The van der Waals surface area contributed by atoms with Crippen LogP contribution in [-0.2, 0) is 7.05 Å². The van der Waals surface area contributed by atoms with Crippen LogP contribution in [0.25, 0.3) is 111 Å². The monoisotopic (exact) mass is 1930 g/mol. The molecule has 20 aromatic rings. The summed E-state index contributed by atoms with van der Waals surface area (Å²) in [6.07, 6.45) is 15.9. The van der Waals surface area contributed by atoms with E-state index in [1.54, 1.807) is 124 Å². The summed E-state index contributed by atoms with van der Waals surface area (Å²) in [6, 6.07) is 79.7. The molecular weight excluding hydrogens is 1850 g/mol. The van der Waals surface area contributed by atoms with Gasteiger partial charge in [-0.25, -0.2) is 28.7 Å². The minimum atomic E-state index is -0.501. The van der Waals surface area contributed by atoms with Gasteiger partial charge in [0.25, 0.3) is 0 Å². The first kappa shape index (κ1) is 114. The molecule has 0 atom stereocenters. The number of hydrogen-bond donors (Lipinski definition) is 0. The summed E-state index contributed by atoms with van der Waals surface area (Å²) >= 11 is 1.53. The van der Waals surface area contributed by atoms with Crippen LogP contribution in [0.3, 0.4) is 0 Å². The van der Waals surface area contributed by atoms with Crippen molar-refractivity contribution in [2.24, 2.45) is 7.05 Å². The Kier molecular flexibility index (Phi) is 44.9. The Morgan fingerprint density at radius 1 is 0.333 bits per heavy atom. The molecule has 0 N–H and O–H groups in total. The van der Waals surface area contributed by atoms with Crippen LogP contribution >= 0.6 is 11.3 Å². The van der Waals surface area contributed by atoms with Gasteiger partial charge in [-0.1, -0.05) is 216 Å². The SMILES string of the molecule is Cc1cc(C)n(-c2c(-c3ccccc3)sc(-c3ccccc3)c2[O-])n1.Cc1cc(C)n(-c2ccccc2[O-])n1.Cc1cc(C)n(-c2cnccc2[O-])n1.Cc1cc(C)n(-c2ncnnc2[O-])n1.Cc1ccc([O-])c(-c2cnccn2)c1.Cn1cccc1-c1ccccc1[O-].[Be+2].[Be+2].[Be+2].[Be+2].[Be+2].[Be+2].[Ga+3].[Ga+3].[O-]c1c(-c2ccccn2)ccc2ccccc12.[O-]c1nnc(-c2ccccn2)nc1-c1ccccn1. The first-order valence-electron chi connectivity index (χ1n) is 40.5. The number of aryl methyl sites for hydroxylation is 10. The molecule has 38 heteroatoms. The van der Waals surface area contributed by atoms with Crippen molar-refractivity contribution < 1.29 is 40.9 Å². The number of nitrogens with zero attached hydrogens (tertiary/aromatic N) is 21. The first-order valence-corrected chi connectivity index (χ1v) is 41.4. The third kappa shape index (κ3) is 29.0. The molecule has 20 rings (SSSR count). The van der Waals surface area contributed by atoms with Gasteiger partial charge in [-0.3, -0.25) is 29.9 Å². The van der Waals surface area contributed by atoms with Crippen molar-refractivity contribution in [1.29, 1.82) is 0 Å². The first-order chi connectivity index (χ1) is 63.0. The van der Waals surface area contributed by atoms with Crippen LogP contribution in [0, 0.1) is 62.3 Å². The molecule has 13 aromatic heterocycles. The molecule has 7 aromatic carbocycles. The zero-order valence-corrected chi connectivity index (χ0v) is 83.2. The molecule has 0 amide bonds. The molecule has 0 spiro atoms. The summed E-state index contributed by atoms with van der Waals surface area (Å²) in [5, 5.41) is 128. The Bertz CT molecular complexity index is 6960. The summed E-state index contributed by atoms with van der Waals surface area (Å²) in [4.78, 5) is 34.1. The number of fused-ring (bicyclic) bond motifs is 1. The van der Waals surface area contributed by atoms with Crippen LogP contribution < -0.4 is 40.9 Å². The van der Waals surface area contributed by atoms with Gasteiger partial charge < -0.3 is 45.4 Å². The maximum atomic E-state index is 13.3. The number of thiophene rings is 1. The molecule has 0 saturated heterocycles. The van der Waals surface area contributed by atoms with E-state index in [1.807, 2.05) is 262 Å². The van der Waals surface area contributed by atoms with E-state index in [9.17, 15) is 40.9 Å². The van der Waals surface area contributed by atoms with Crippen molar-refractivity contribution >= 4 is 122 Å². The fourth-order valence-electron chi connectivity index (χ4n) is 13.4. The second-order valence-electron chi connectivity index (χ2n) is 29.1. The molecule has 0 unspecified atom stereocenters. The van der Waals surface area contributed by atoms with Gasteiger partial charge in [-0.05, 0) is 186 Å². The molecule has 138 heavy (non-hydrogen) atoms. The van der Waals surface area contributed by atoms with Crippen LogP contribution in [0.15, 0.2) is 323 Å². The third-order valence-corrected chi connectivity index (χ3v) is 20.6. The molecular formula is C100H83Be6Ga2N21O8S+10. The van der Waals surface area contributed by atoms with Gasteiger partial charge in [0.15, 0.2) is 5.82 Å². The zero-order valence-electron chi connectivity index (χ0n) is 77.6. The molecule has 650 valence electrons. The van der Waals surface area contributed by atoms with Crippen LogP contribution in [0.5, 0.6) is 46.3 Å². The number of aromatic nitrogens is 21. The molecule has 0 radical (unpaired) electrons. The van der Waals surface area contributed by atoms with Crippen molar-refractivity contribution in [3.63, 3.8) is 0 Å². The zero-order chi connectivity index (χ0) is 91.7. The van der Waals surface area contributed by atoms with Gasteiger partial charge in [-0.2, -0.15) is 30.6 Å². The second-order valence-corrected chi connectivity index (χ2v) is 30.1. The van der Waals surface area contributed by atoms with Crippen molar-refractivity contribution in [1.82, 2.24) is 104 Å². The number of para-hydroxylation sites is 3. The number of hydrogen-bond acceptors (Lipinski definition) is 25. The summed E-state index contributed by atoms with van der Waals surface area (Å²) < 4.78 is 8.48. The predicted molar refractivity (Wildman–Crippen MR) is 530 cm³/mol. The van der Waals surface area contributed by atoms with Crippen molar-refractivity contribution in [2.75, 3.05) is 0 Å². The van der Waals surface area contributed by atoms with Gasteiger partial charge >= 0.3 is 100 Å². The summed E-state index contributed by atoms with van der Waals surface area (Å²) in [7, 11) is 1.93. The van der Waals surface area contributed by atoms with E-state index in [4.69, 9.17) is 0 Å². The Balaban J connectivity index is 0.000000279. The van der Waals surface area contributed by atoms with Crippen LogP contribution in [0.2, 0.25) is 0 Å². The Labute approximate surface area is 850 Å². The van der Waals surface area contributed by atoms with Gasteiger partial charge in [0.05, 0.1) is 80.1 Å². The standard InChI is InChI=1S/C21H18N2OS.C15H11NO.C13H9N5O.C11H12N2O.C11H10N2O.C11H11NO.C10H11N3O.C8H9N5O.6Be.2Ga/c1-14-13-15(2)23(22-14)18-19(24)21(17-11-7-4-8-12-17)25-20(18)16-9-5-3-6-10-16;17-15-12-6-2-1-5-11(12)8-9-13(15)14-7-3-4-10-16-14;19-13-11(9-5-1-3-7-14-9)16-12(17-18-13)10-6-2-4-8-15-10;1-8-7-9(2)13(12-8)10-5-3-4-6-11(10)14;1-8-2-3-11(14)9(6-8)10-7-12-4-5-13-10;1-12-8-4-6-10(12)9-5-2-3-7-11(9)13;1-7-5-8(2)13(12-7)9-6-11-4-3-10(9)14;1-5-3-6(2)13(12-5)7-8(14)11-10-4-9-7;;;;;;;;/h3-13,24H,1-2H3;1-10,17H;1-8H,(H,18,19);3-7,14H,1-2H3;2-7,14H,1H3;2-8,13H,1H3;3-6H,1-2H3,(H,11,14);3-4H,1-2H3,(H,11,14);;;;;;;;/q;;;;;;;;6*+2;2*+3/p-8. The van der Waals surface area contributed by atoms with Gasteiger partial charge in [0.1, 0.15) is 17.7 Å². The topological polar surface area (TPSA) is 415 Å². The van der Waals surface area contributed by atoms with Crippen molar-refractivity contribution in [3.8, 4) is 147 Å². The van der Waals surface area contributed by atoms with E-state index < -0.39 is 11.8 Å². The molecule has 0 aliphatic carbocycles. The maximum absolute atomic E-state index is 13.3. The average Bonchev–Trinajstić information content (AvgIpc) is 1.54. The number of rotatable bonds is 11. The Morgan fingerprint density at radius 3 is 1.37 bits per heavy atom. The van der Waals surface area contributed by atoms with E-state index in [0.29, 0.717) is 51.1 Å². The van der Waals surface area contributed by atoms with E-state index in [1.165, 1.54) is 40.8 Å². The van der Waals surface area contributed by atoms with Crippen molar-refractivity contribution in [3.05, 3.63) is 374 Å². The largest absolute Gasteiger partial charge is 3.00 e. The van der Waals surface area contributed by atoms with Crippen LogP contribution in [0.4, 0.5) is 0 Å². The molecule has 0 aliphatic rings. The molecule has 0 bridgehead atoms. The van der Waals surface area contributed by atoms with Gasteiger partial charge in [0, 0.05) is 89.7 Å². The molecule has 0 fully saturated rings. The normalized spacial score (nSPS) is 9.87. The summed E-state index contributed by atoms with van der Waals surface area (Å²) in [5.41, 5.74) is 17.6. The van der Waals surface area contributed by atoms with Crippen molar-refractivity contribution in [2.45, 2.75) is 62.3 Å². The number of benzene rings is 7. The fourth-order valence-corrected chi connectivity index (χ4v) is 14.6. The minimum Gasteiger partial charge on any atom is -0.872 e. The predicted octanol–water partition coefficient (Wildman–Crippen LogP) is 11.5.